The molecule has 0 aliphatic rings. The number of alkyl halides is 2. The molecule has 1 nitrogen and oxygen atoms in total. The SMILES string of the molecule is Oc1ccccc1C(CCCl)SCCCCl. The zero-order valence-electron chi connectivity index (χ0n) is 9.03. The van der Waals surface area contributed by atoms with Crippen LogP contribution in [0.2, 0.25) is 0 Å². The second-order valence-electron chi connectivity index (χ2n) is 3.44. The summed E-state index contributed by atoms with van der Waals surface area (Å²) in [4.78, 5) is 0. The van der Waals surface area contributed by atoms with Crippen LogP contribution in [0.4, 0.5) is 0 Å². The molecule has 0 aliphatic carbocycles. The van der Waals surface area contributed by atoms with Crippen LogP contribution in [0.1, 0.15) is 23.7 Å². The number of thioether (sulfide) groups is 1. The van der Waals surface area contributed by atoms with Gasteiger partial charge in [0.1, 0.15) is 5.75 Å². The molecular formula is C12H16Cl2OS. The second kappa shape index (κ2) is 8.10. The molecule has 0 radical (unpaired) electrons. The summed E-state index contributed by atoms with van der Waals surface area (Å²) in [7, 11) is 0. The largest absolute Gasteiger partial charge is 0.508 e. The van der Waals surface area contributed by atoms with Crippen molar-refractivity contribution in [1.82, 2.24) is 0 Å². The first kappa shape index (κ1) is 14.0. The summed E-state index contributed by atoms with van der Waals surface area (Å²) >= 11 is 13.2. The van der Waals surface area contributed by atoms with Crippen LogP contribution in [0.15, 0.2) is 24.3 Å². The number of hydrogen-bond acceptors (Lipinski definition) is 2. The third-order valence-electron chi connectivity index (χ3n) is 2.25. The zero-order chi connectivity index (χ0) is 11.8. The van der Waals surface area contributed by atoms with Crippen molar-refractivity contribution in [3.05, 3.63) is 29.8 Å². The normalized spacial score (nSPS) is 12.6. The van der Waals surface area contributed by atoms with Gasteiger partial charge in [-0.25, -0.2) is 0 Å². The summed E-state index contributed by atoms with van der Waals surface area (Å²) < 4.78 is 0. The monoisotopic (exact) mass is 278 g/mol. The molecular weight excluding hydrogens is 263 g/mol. The van der Waals surface area contributed by atoms with Gasteiger partial charge in [-0.2, -0.15) is 11.8 Å². The van der Waals surface area contributed by atoms with Crippen molar-refractivity contribution in [2.75, 3.05) is 17.5 Å². The van der Waals surface area contributed by atoms with Gasteiger partial charge in [0.15, 0.2) is 0 Å². The highest BCUT2D eigenvalue weighted by molar-refractivity contribution is 7.99. The molecule has 0 spiro atoms. The molecule has 0 saturated carbocycles. The molecule has 0 amide bonds. The smallest absolute Gasteiger partial charge is 0.119 e. The fourth-order valence-electron chi connectivity index (χ4n) is 1.47. The molecule has 1 N–H and O–H groups in total. The number of rotatable bonds is 7. The Labute approximate surface area is 111 Å². The molecule has 1 aromatic rings. The number of hydrogen-bond donors (Lipinski definition) is 1. The first-order chi connectivity index (χ1) is 7.79. The number of benzene rings is 1. The van der Waals surface area contributed by atoms with E-state index < -0.39 is 0 Å². The van der Waals surface area contributed by atoms with E-state index in [1.54, 1.807) is 6.07 Å². The highest BCUT2D eigenvalue weighted by Crippen LogP contribution is 2.37. The van der Waals surface area contributed by atoms with E-state index in [9.17, 15) is 5.11 Å². The van der Waals surface area contributed by atoms with Gasteiger partial charge in [0.2, 0.25) is 0 Å². The van der Waals surface area contributed by atoms with Crippen molar-refractivity contribution in [3.8, 4) is 5.75 Å². The molecule has 1 aromatic carbocycles. The number of para-hydroxylation sites is 1. The Morgan fingerprint density at radius 3 is 2.56 bits per heavy atom. The van der Waals surface area contributed by atoms with E-state index in [0.29, 0.717) is 17.5 Å². The van der Waals surface area contributed by atoms with E-state index in [0.717, 1.165) is 24.2 Å². The van der Waals surface area contributed by atoms with E-state index >= 15 is 0 Å². The summed E-state index contributed by atoms with van der Waals surface area (Å²) in [5, 5.41) is 10.0. The van der Waals surface area contributed by atoms with Crippen LogP contribution in [0.5, 0.6) is 5.75 Å². The van der Waals surface area contributed by atoms with Crippen molar-refractivity contribution < 1.29 is 5.11 Å². The molecule has 1 rings (SSSR count). The molecule has 1 unspecified atom stereocenters. The maximum absolute atomic E-state index is 9.78. The predicted molar refractivity (Wildman–Crippen MR) is 74.0 cm³/mol. The average Bonchev–Trinajstić information content (AvgIpc) is 2.29. The van der Waals surface area contributed by atoms with Crippen LogP contribution in [-0.2, 0) is 0 Å². The van der Waals surface area contributed by atoms with Gasteiger partial charge >= 0.3 is 0 Å². The zero-order valence-corrected chi connectivity index (χ0v) is 11.4. The minimum atomic E-state index is 0.266. The van der Waals surface area contributed by atoms with Gasteiger partial charge in [0.05, 0.1) is 0 Å². The van der Waals surface area contributed by atoms with Crippen molar-refractivity contribution in [1.29, 1.82) is 0 Å². The van der Waals surface area contributed by atoms with E-state index in [2.05, 4.69) is 0 Å². The molecule has 16 heavy (non-hydrogen) atoms. The summed E-state index contributed by atoms with van der Waals surface area (Å²) in [6.45, 7) is 0. The van der Waals surface area contributed by atoms with Crippen molar-refractivity contribution in [2.24, 2.45) is 0 Å². The number of phenolic OH excluding ortho intramolecular Hbond substituents is 1. The van der Waals surface area contributed by atoms with Crippen molar-refractivity contribution in [2.45, 2.75) is 18.1 Å². The molecule has 0 aromatic heterocycles. The fraction of sp³-hybridized carbons (Fsp3) is 0.500. The molecule has 1 atom stereocenters. The topological polar surface area (TPSA) is 20.2 Å². The van der Waals surface area contributed by atoms with Crippen LogP contribution in [-0.4, -0.2) is 22.6 Å². The Morgan fingerprint density at radius 2 is 1.94 bits per heavy atom. The van der Waals surface area contributed by atoms with Crippen LogP contribution in [0.25, 0.3) is 0 Å². The molecule has 0 aliphatic heterocycles. The Balaban J connectivity index is 2.65. The van der Waals surface area contributed by atoms with Crippen LogP contribution in [0.3, 0.4) is 0 Å². The lowest BCUT2D eigenvalue weighted by Gasteiger charge is -2.16. The van der Waals surface area contributed by atoms with Crippen molar-refractivity contribution >= 4 is 35.0 Å². The van der Waals surface area contributed by atoms with Crippen LogP contribution in [0, 0.1) is 0 Å². The second-order valence-corrected chi connectivity index (χ2v) is 5.50. The van der Waals surface area contributed by atoms with Crippen LogP contribution < -0.4 is 0 Å². The summed E-state index contributed by atoms with van der Waals surface area (Å²) in [6.07, 6.45) is 1.85. The molecule has 90 valence electrons. The van der Waals surface area contributed by atoms with E-state index in [-0.39, 0.29) is 5.25 Å². The minimum absolute atomic E-state index is 0.266. The summed E-state index contributed by atoms with van der Waals surface area (Å²) in [5.74, 6) is 2.64. The highest BCUT2D eigenvalue weighted by Gasteiger charge is 2.14. The lowest BCUT2D eigenvalue weighted by atomic mass is 10.1. The lowest BCUT2D eigenvalue weighted by Crippen LogP contribution is -1.97. The van der Waals surface area contributed by atoms with Crippen LogP contribution >= 0.6 is 35.0 Å². The Hall–Kier alpha value is -0.0500. The predicted octanol–water partition coefficient (Wildman–Crippen LogP) is 4.42. The third-order valence-corrected chi connectivity index (χ3v) is 4.15. The molecule has 0 bridgehead atoms. The number of halogens is 2. The van der Waals surface area contributed by atoms with Gasteiger partial charge in [0.25, 0.3) is 0 Å². The maximum Gasteiger partial charge on any atom is 0.119 e. The van der Waals surface area contributed by atoms with E-state index in [4.69, 9.17) is 23.2 Å². The Bertz CT molecular complexity index is 307. The van der Waals surface area contributed by atoms with Gasteiger partial charge in [-0.1, -0.05) is 18.2 Å². The molecule has 4 heteroatoms. The maximum atomic E-state index is 9.78. The quantitative estimate of drug-likeness (QED) is 0.588. The van der Waals surface area contributed by atoms with Gasteiger partial charge < -0.3 is 5.11 Å². The average molecular weight is 279 g/mol. The third kappa shape index (κ3) is 4.44. The number of aromatic hydroxyl groups is 1. The van der Waals surface area contributed by atoms with Gasteiger partial charge in [-0.05, 0) is 24.7 Å². The highest BCUT2D eigenvalue weighted by atomic mass is 35.5. The van der Waals surface area contributed by atoms with E-state index in [1.807, 2.05) is 30.0 Å². The first-order valence-electron chi connectivity index (χ1n) is 5.31. The molecule has 0 heterocycles. The summed E-state index contributed by atoms with van der Waals surface area (Å²) in [5.41, 5.74) is 0.975. The molecule has 0 fully saturated rings. The lowest BCUT2D eigenvalue weighted by molar-refractivity contribution is 0.467. The van der Waals surface area contributed by atoms with E-state index in [1.165, 1.54) is 0 Å². The van der Waals surface area contributed by atoms with Crippen molar-refractivity contribution in [3.63, 3.8) is 0 Å². The summed E-state index contributed by atoms with van der Waals surface area (Å²) in [6, 6.07) is 7.46. The Kier molecular flexibility index (Phi) is 7.10. The fourth-order valence-corrected chi connectivity index (χ4v) is 3.37. The van der Waals surface area contributed by atoms with Gasteiger partial charge in [-0.15, -0.1) is 23.2 Å². The minimum Gasteiger partial charge on any atom is -0.508 e. The Morgan fingerprint density at radius 1 is 1.19 bits per heavy atom. The first-order valence-corrected chi connectivity index (χ1v) is 7.42. The van der Waals surface area contributed by atoms with Gasteiger partial charge in [-0.3, -0.25) is 0 Å². The standard InChI is InChI=1S/C12H16Cl2OS/c13-7-3-9-16-12(6-8-14)10-4-1-2-5-11(10)15/h1-2,4-5,12,15H,3,6-9H2. The van der Waals surface area contributed by atoms with Gasteiger partial charge in [0, 0.05) is 22.6 Å². The molecule has 0 saturated heterocycles. The number of phenols is 1.